The molecule has 2 aromatic carbocycles. The Morgan fingerprint density at radius 1 is 0.946 bits per heavy atom. The van der Waals surface area contributed by atoms with Crippen LogP contribution in [0.15, 0.2) is 86.9 Å². The van der Waals surface area contributed by atoms with Crippen LogP contribution in [0.2, 0.25) is 0 Å². The predicted octanol–water partition coefficient (Wildman–Crippen LogP) is -0.933. The molecule has 0 amide bonds. The molecule has 4 bridgehead atoms. The van der Waals surface area contributed by atoms with Gasteiger partial charge in [-0.05, 0) is 72.9 Å². The molecule has 2 spiro atoms. The highest BCUT2D eigenvalue weighted by molar-refractivity contribution is 5.90. The normalized spacial score (nSPS) is 34.9. The van der Waals surface area contributed by atoms with E-state index in [0.29, 0.717) is 11.3 Å². The summed E-state index contributed by atoms with van der Waals surface area (Å²) in [5, 5.41) is 141. The smallest absolute Gasteiger partial charge is 0.354 e. The first-order valence-electron chi connectivity index (χ1n) is 23.9. The minimum atomic E-state index is -3.86. The number of esters is 1. The van der Waals surface area contributed by atoms with Crippen molar-refractivity contribution < 1.29 is 94.2 Å². The summed E-state index contributed by atoms with van der Waals surface area (Å²) in [5.41, 5.74) is -5.93. The van der Waals surface area contributed by atoms with Crippen LogP contribution in [0.1, 0.15) is 54.8 Å². The van der Waals surface area contributed by atoms with Crippen LogP contribution >= 0.6 is 0 Å². The topological polar surface area (TPSA) is 384 Å². The number of fused-ring (bicyclic) bond motifs is 8. The Hall–Kier alpha value is -6.79. The summed E-state index contributed by atoms with van der Waals surface area (Å²) in [7, 11) is 0. The first kappa shape index (κ1) is 49.4. The summed E-state index contributed by atoms with van der Waals surface area (Å²) in [4.78, 5) is 45.1. The first-order chi connectivity index (χ1) is 35.2. The van der Waals surface area contributed by atoms with E-state index in [1.54, 1.807) is 24.5 Å². The fourth-order valence-electron chi connectivity index (χ4n) is 11.5. The predicted molar refractivity (Wildman–Crippen MR) is 249 cm³/mol. The average molecular weight is 1030 g/mol. The molecular formula is C51H51N3O20. The number of aromatic nitrogens is 1. The molecule has 3 saturated heterocycles. The van der Waals surface area contributed by atoms with Gasteiger partial charge in [-0.15, -0.1) is 0 Å². The molecule has 0 radical (unpaired) electrons. The Bertz CT molecular complexity index is 3210. The van der Waals surface area contributed by atoms with Gasteiger partial charge < -0.3 is 94.9 Å². The number of hydrogen-bond acceptors (Lipinski definition) is 21. The Morgan fingerprint density at radius 3 is 2.49 bits per heavy atom. The van der Waals surface area contributed by atoms with Crippen molar-refractivity contribution >= 4 is 22.9 Å². The number of carbonyl (C=O) groups excluding carboxylic acids is 1. The number of aliphatic hydroxyl groups excluding tert-OH is 6. The van der Waals surface area contributed by atoms with Crippen molar-refractivity contribution in [3.05, 3.63) is 105 Å². The van der Waals surface area contributed by atoms with E-state index < -0.39 is 119 Å². The van der Waals surface area contributed by atoms with Crippen molar-refractivity contribution in [2.24, 2.45) is 5.92 Å². The third-order valence-corrected chi connectivity index (χ3v) is 15.4. The van der Waals surface area contributed by atoms with Crippen LogP contribution in [0.4, 0.5) is 0 Å². The number of carboxylic acid groups (broad SMARTS) is 1. The van der Waals surface area contributed by atoms with Crippen molar-refractivity contribution in [3.8, 4) is 46.2 Å². The number of ether oxygens (including phenoxy) is 4. The van der Waals surface area contributed by atoms with Crippen molar-refractivity contribution in [2.75, 3.05) is 6.61 Å². The zero-order valence-electron chi connectivity index (χ0n) is 38.8. The molecule has 7 aliphatic rings. The molecule has 4 fully saturated rings. The van der Waals surface area contributed by atoms with E-state index in [1.165, 1.54) is 18.2 Å². The van der Waals surface area contributed by atoms with E-state index in [9.17, 15) is 75.7 Å². The lowest BCUT2D eigenvalue weighted by atomic mass is 9.74. The number of phenolic OH excluding ortho intramolecular Hbond substituents is 3. The average Bonchev–Trinajstić information content (AvgIpc) is 3.86. The maximum absolute atomic E-state index is 14.8. The van der Waals surface area contributed by atoms with E-state index in [4.69, 9.17) is 23.4 Å². The van der Waals surface area contributed by atoms with Crippen molar-refractivity contribution in [3.63, 3.8) is 0 Å². The summed E-state index contributed by atoms with van der Waals surface area (Å²) >= 11 is 0. The highest BCUT2D eigenvalue weighted by atomic mass is 16.8. The largest absolute Gasteiger partial charge is 0.507 e. The number of aliphatic carboxylic acids is 1. The zero-order chi connectivity index (χ0) is 52.4. The van der Waals surface area contributed by atoms with Gasteiger partial charge in [0, 0.05) is 77.5 Å². The Balaban J connectivity index is 1.15. The molecule has 11 rings (SSSR count). The SMILES string of the molecule is O=C1O[C@H]2O[C@@](C(=O)O)(C#CC[C@@]13O[C@]1(Oc4cc5oc(-c6cc(O)c(O)c(CCO)c6)cc(=O)c5c(O)c4[C@@H](C4=CNC5N[C@@H]6CCC[C@@H](C6)C5=C4)C=C1Cc1ccc[nH]1)[C@H](O)[C@@H](O)[C@@H]3O)C(O)(O)[C@H](O)[C@H]2O. The lowest BCUT2D eigenvalue weighted by Crippen LogP contribution is -2.76. The van der Waals surface area contributed by atoms with E-state index in [0.717, 1.165) is 43.4 Å². The van der Waals surface area contributed by atoms with Gasteiger partial charge in [0.1, 0.15) is 52.6 Å². The number of carbonyl (C=O) groups is 2. The van der Waals surface area contributed by atoms with E-state index in [2.05, 4.69) is 21.5 Å². The first-order valence-corrected chi connectivity index (χ1v) is 23.9. The van der Waals surface area contributed by atoms with Crippen LogP contribution in [0, 0.1) is 17.8 Å². The number of aromatic hydroxyl groups is 3. The molecule has 74 heavy (non-hydrogen) atoms. The van der Waals surface area contributed by atoms with Crippen LogP contribution in [-0.2, 0) is 36.6 Å². The lowest BCUT2D eigenvalue weighted by Gasteiger charge is -2.53. The summed E-state index contributed by atoms with van der Waals surface area (Å²) < 4.78 is 30.5. The fraction of sp³-hybridized carbons (Fsp3) is 0.431. The zero-order valence-corrected chi connectivity index (χ0v) is 38.8. The standard InChI is InChI=1S/C51H51N3O20/c55-11-7-22-12-23(15-31(57)37(22)58)32-18-30(56)36-33(70-32)19-34-35(38(36)59)28(24-14-29-21-4-1-5-27(13-21)54-44(29)53-20-24)17-25(16-26-6-2-10-52-26)50(72-34)42(63)39(60)41(62)48(74-50)8-3-9-49(46(65)66)51(68,69)43(64)40(61)45(73-49)71-47(48)67/h2,6,10,12,14-15,17-21,27-28,39-45,52-55,57-64,68-69H,1,4-5,7-8,11,13,16H2,(H,65,66)/t21-,27+,28+,39-,40+,41-,42+,43+,44?,45-,48-,49+,50-/m0/s1. The van der Waals surface area contributed by atoms with Gasteiger partial charge >= 0.3 is 11.9 Å². The summed E-state index contributed by atoms with van der Waals surface area (Å²) in [5.74, 6) is -9.90. The number of carboxylic acids is 1. The number of allylic oxidation sites excluding steroid dienone is 3. The Morgan fingerprint density at radius 2 is 1.74 bits per heavy atom. The monoisotopic (exact) mass is 1030 g/mol. The van der Waals surface area contributed by atoms with Gasteiger partial charge in [0.05, 0.1) is 12.6 Å². The minimum absolute atomic E-state index is 0.0633. The molecule has 4 aromatic rings. The molecule has 1 saturated carbocycles. The molecule has 390 valence electrons. The van der Waals surface area contributed by atoms with Crippen LogP contribution in [-0.4, -0.2) is 157 Å². The number of dihydropyridines is 1. The van der Waals surface area contributed by atoms with Gasteiger partial charge in [-0.3, -0.25) is 10.1 Å². The van der Waals surface area contributed by atoms with Crippen molar-refractivity contribution in [2.45, 2.75) is 123 Å². The summed E-state index contributed by atoms with van der Waals surface area (Å²) in [6, 6.07) is 8.26. The van der Waals surface area contributed by atoms with E-state index >= 15 is 0 Å². The molecule has 23 heteroatoms. The van der Waals surface area contributed by atoms with Gasteiger partial charge in [0.25, 0.3) is 11.4 Å². The number of benzene rings is 2. The molecule has 23 nitrogen and oxygen atoms in total. The van der Waals surface area contributed by atoms with Crippen LogP contribution in [0.25, 0.3) is 22.3 Å². The lowest BCUT2D eigenvalue weighted by molar-refractivity contribution is -0.394. The molecule has 1 aliphatic carbocycles. The van der Waals surface area contributed by atoms with Gasteiger partial charge in [0.15, 0.2) is 23.0 Å². The highest BCUT2D eigenvalue weighted by Crippen LogP contribution is 2.55. The van der Waals surface area contributed by atoms with Crippen LogP contribution in [0.3, 0.4) is 0 Å². The maximum Gasteiger partial charge on any atom is 0.354 e. The number of nitrogens with one attached hydrogen (secondary N) is 3. The van der Waals surface area contributed by atoms with E-state index in [-0.39, 0.29) is 70.0 Å². The van der Waals surface area contributed by atoms with Crippen LogP contribution in [0.5, 0.6) is 23.0 Å². The molecule has 2 aromatic heterocycles. The fourth-order valence-corrected chi connectivity index (χ4v) is 11.5. The van der Waals surface area contributed by atoms with Gasteiger partial charge in [0.2, 0.25) is 17.7 Å². The second-order valence-electron chi connectivity index (χ2n) is 19.8. The highest BCUT2D eigenvalue weighted by Gasteiger charge is 2.72. The van der Waals surface area contributed by atoms with Crippen molar-refractivity contribution in [1.29, 1.82) is 0 Å². The number of aliphatic hydroxyl groups is 8. The second kappa shape index (κ2) is 17.7. The number of rotatable bonds is 7. The number of hydrogen-bond donors (Lipinski definition) is 15. The number of aromatic amines is 1. The third-order valence-electron chi connectivity index (χ3n) is 15.4. The quantitative estimate of drug-likeness (QED) is 0.0349. The second-order valence-corrected chi connectivity index (χ2v) is 19.8. The third kappa shape index (κ3) is 7.35. The number of H-pyrrole nitrogens is 1. The molecule has 1 unspecified atom stereocenters. The number of piperidine rings is 1. The van der Waals surface area contributed by atoms with Gasteiger partial charge in [-0.25, -0.2) is 9.59 Å². The molecule has 6 aliphatic heterocycles. The van der Waals surface area contributed by atoms with Gasteiger partial charge in [-0.2, -0.15) is 0 Å². The molecule has 13 atom stereocenters. The minimum Gasteiger partial charge on any atom is -0.507 e. The Kier molecular flexibility index (Phi) is 11.8. The van der Waals surface area contributed by atoms with E-state index in [1.807, 2.05) is 12.0 Å². The Labute approximate surface area is 417 Å². The maximum atomic E-state index is 14.8. The van der Waals surface area contributed by atoms with Gasteiger partial charge in [-0.1, -0.05) is 24.5 Å². The molecular weight excluding hydrogens is 975 g/mol. The summed E-state index contributed by atoms with van der Waals surface area (Å²) in [6.07, 6.45) is -6.77. The van der Waals surface area contributed by atoms with Crippen molar-refractivity contribution in [1.82, 2.24) is 15.6 Å². The van der Waals surface area contributed by atoms with Crippen LogP contribution < -0.4 is 20.8 Å². The summed E-state index contributed by atoms with van der Waals surface area (Å²) in [6.45, 7) is -0.418. The number of phenols is 3. The molecule has 8 heterocycles. The molecule has 15 N–H and O–H groups in total.